The minimum atomic E-state index is -1.69. The van der Waals surface area contributed by atoms with Crippen LogP contribution in [0.4, 0.5) is 0 Å². The summed E-state index contributed by atoms with van der Waals surface area (Å²) in [5.74, 6) is -0.455. The van der Waals surface area contributed by atoms with Crippen molar-refractivity contribution in [1.29, 1.82) is 0 Å². The molecule has 4 unspecified atom stereocenters. The van der Waals surface area contributed by atoms with Gasteiger partial charge in [0.05, 0.1) is 13.7 Å². The number of carbonyl (C=O) groups excluding carboxylic acids is 1. The summed E-state index contributed by atoms with van der Waals surface area (Å²) in [5.41, 5.74) is -1.06. The lowest BCUT2D eigenvalue weighted by Gasteiger charge is -2.40. The first-order valence-corrected chi connectivity index (χ1v) is 8.09. The average Bonchev–Trinajstić information content (AvgIpc) is 2.66. The maximum absolute atomic E-state index is 12.4. The Kier molecular flexibility index (Phi) is 5.44. The standard InChI is InChI=1S/C17H19NO9/c1-25-8-3-2-7-4-9(16(23)26-10(7)5-8)15(22)18-12-14(21)13(20)11(6-19)27-17(12)24/h2-5,11-14,17,19-21,24H,6H2,1H3,(H,18,22)/t11?,12?,13-,14?,17?/m1/s1. The number of fused-ring (bicyclic) bond motifs is 1. The predicted octanol–water partition coefficient (Wildman–Crippen LogP) is -1.67. The van der Waals surface area contributed by atoms with E-state index in [1.807, 2.05) is 0 Å². The fraction of sp³-hybridized carbons (Fsp3) is 0.412. The van der Waals surface area contributed by atoms with Crippen molar-refractivity contribution in [3.63, 3.8) is 0 Å². The molecule has 5 N–H and O–H groups in total. The summed E-state index contributed by atoms with van der Waals surface area (Å²) in [5, 5.41) is 41.6. The van der Waals surface area contributed by atoms with Gasteiger partial charge in [-0.05, 0) is 18.2 Å². The van der Waals surface area contributed by atoms with Gasteiger partial charge in [0.2, 0.25) is 0 Å². The molecule has 1 aliphatic rings. The van der Waals surface area contributed by atoms with Gasteiger partial charge in [0.25, 0.3) is 5.91 Å². The maximum atomic E-state index is 12.4. The fourth-order valence-electron chi connectivity index (χ4n) is 2.86. The monoisotopic (exact) mass is 381 g/mol. The smallest absolute Gasteiger partial charge is 0.349 e. The number of aliphatic hydroxyl groups excluding tert-OH is 4. The molecule has 3 rings (SSSR count). The second kappa shape index (κ2) is 7.62. The molecule has 1 amide bonds. The number of benzene rings is 1. The van der Waals surface area contributed by atoms with Crippen LogP contribution in [0.1, 0.15) is 10.4 Å². The normalized spacial score (nSPS) is 28.1. The summed E-state index contributed by atoms with van der Waals surface area (Å²) in [7, 11) is 1.46. The second-order valence-corrected chi connectivity index (χ2v) is 6.08. The number of rotatable bonds is 4. The van der Waals surface area contributed by atoms with E-state index in [4.69, 9.17) is 19.0 Å². The first kappa shape index (κ1) is 19.3. The van der Waals surface area contributed by atoms with Crippen LogP contribution in [0, 0.1) is 0 Å². The molecule has 1 fully saturated rings. The molecule has 0 radical (unpaired) electrons. The molecule has 2 aromatic rings. The van der Waals surface area contributed by atoms with Crippen LogP contribution < -0.4 is 15.7 Å². The predicted molar refractivity (Wildman–Crippen MR) is 90.3 cm³/mol. The quantitative estimate of drug-likeness (QED) is 0.390. The molecule has 1 aromatic carbocycles. The van der Waals surface area contributed by atoms with Gasteiger partial charge < -0.3 is 39.6 Å². The Balaban J connectivity index is 1.85. The molecule has 10 heteroatoms. The van der Waals surface area contributed by atoms with Crippen molar-refractivity contribution in [3.05, 3.63) is 40.2 Å². The number of hydrogen-bond acceptors (Lipinski definition) is 9. The van der Waals surface area contributed by atoms with Crippen molar-refractivity contribution >= 4 is 16.9 Å². The van der Waals surface area contributed by atoms with E-state index in [1.165, 1.54) is 19.2 Å². The number of amides is 1. The lowest BCUT2D eigenvalue weighted by molar-refractivity contribution is -0.252. The average molecular weight is 381 g/mol. The first-order chi connectivity index (χ1) is 12.8. The van der Waals surface area contributed by atoms with E-state index in [9.17, 15) is 24.9 Å². The van der Waals surface area contributed by atoms with Gasteiger partial charge in [-0.15, -0.1) is 0 Å². The molecular formula is C17H19NO9. The largest absolute Gasteiger partial charge is 0.497 e. The molecule has 0 spiro atoms. The Hall–Kier alpha value is -2.50. The van der Waals surface area contributed by atoms with Crippen LogP contribution in [0.3, 0.4) is 0 Å². The van der Waals surface area contributed by atoms with Gasteiger partial charge in [-0.2, -0.15) is 0 Å². The van der Waals surface area contributed by atoms with Crippen LogP contribution in [0.15, 0.2) is 33.5 Å². The van der Waals surface area contributed by atoms with Crippen LogP contribution >= 0.6 is 0 Å². The summed E-state index contributed by atoms with van der Waals surface area (Å²) in [4.78, 5) is 24.6. The zero-order chi connectivity index (χ0) is 19.7. The highest BCUT2D eigenvalue weighted by Crippen LogP contribution is 2.22. The number of carbonyl (C=O) groups is 1. The van der Waals surface area contributed by atoms with Gasteiger partial charge in [0.15, 0.2) is 6.29 Å². The highest BCUT2D eigenvalue weighted by Gasteiger charge is 2.44. The van der Waals surface area contributed by atoms with E-state index in [-0.39, 0.29) is 11.1 Å². The first-order valence-electron chi connectivity index (χ1n) is 8.09. The van der Waals surface area contributed by atoms with E-state index in [1.54, 1.807) is 12.1 Å². The molecule has 0 saturated carbocycles. The van der Waals surface area contributed by atoms with E-state index < -0.39 is 48.8 Å². The van der Waals surface area contributed by atoms with Crippen molar-refractivity contribution in [3.8, 4) is 5.75 Å². The van der Waals surface area contributed by atoms with Crippen LogP contribution in [0.25, 0.3) is 11.0 Å². The van der Waals surface area contributed by atoms with Gasteiger partial charge in [0.1, 0.15) is 41.2 Å². The third kappa shape index (κ3) is 3.66. The van der Waals surface area contributed by atoms with Gasteiger partial charge in [-0.1, -0.05) is 0 Å². The molecule has 2 heterocycles. The Morgan fingerprint density at radius 3 is 2.63 bits per heavy atom. The van der Waals surface area contributed by atoms with Gasteiger partial charge in [-0.25, -0.2) is 4.79 Å². The highest BCUT2D eigenvalue weighted by molar-refractivity contribution is 5.97. The zero-order valence-corrected chi connectivity index (χ0v) is 14.2. The minimum absolute atomic E-state index is 0.221. The molecule has 5 atom stereocenters. The SMILES string of the molecule is COc1ccc2cc(C(=O)NC3C(O)OC(CO)[C@@H](O)C3O)c(=O)oc2c1. The third-order valence-corrected chi connectivity index (χ3v) is 4.39. The summed E-state index contributed by atoms with van der Waals surface area (Å²) in [6, 6.07) is 4.59. The zero-order valence-electron chi connectivity index (χ0n) is 14.2. The number of nitrogens with one attached hydrogen (secondary N) is 1. The molecule has 27 heavy (non-hydrogen) atoms. The van der Waals surface area contributed by atoms with Crippen molar-refractivity contribution in [2.45, 2.75) is 30.6 Å². The summed E-state index contributed by atoms with van der Waals surface area (Å²) >= 11 is 0. The molecule has 10 nitrogen and oxygen atoms in total. The molecule has 1 saturated heterocycles. The minimum Gasteiger partial charge on any atom is -0.497 e. The van der Waals surface area contributed by atoms with Crippen LogP contribution in [-0.2, 0) is 4.74 Å². The molecule has 1 aromatic heterocycles. The van der Waals surface area contributed by atoms with Crippen LogP contribution in [-0.4, -0.2) is 70.7 Å². The third-order valence-electron chi connectivity index (χ3n) is 4.39. The lowest BCUT2D eigenvalue weighted by Crippen LogP contribution is -2.64. The summed E-state index contributed by atoms with van der Waals surface area (Å²) in [6.07, 6.45) is -6.05. The van der Waals surface area contributed by atoms with Gasteiger partial charge >= 0.3 is 5.63 Å². The molecule has 0 aliphatic carbocycles. The van der Waals surface area contributed by atoms with Crippen LogP contribution in [0.2, 0.25) is 0 Å². The fourth-order valence-corrected chi connectivity index (χ4v) is 2.86. The lowest BCUT2D eigenvalue weighted by atomic mass is 9.97. The number of methoxy groups -OCH3 is 1. The van der Waals surface area contributed by atoms with E-state index >= 15 is 0 Å². The van der Waals surface area contributed by atoms with Crippen molar-refractivity contribution in [2.75, 3.05) is 13.7 Å². The maximum Gasteiger partial charge on any atom is 0.349 e. The second-order valence-electron chi connectivity index (χ2n) is 6.08. The van der Waals surface area contributed by atoms with Crippen molar-refractivity contribution < 1.29 is 39.1 Å². The van der Waals surface area contributed by atoms with E-state index in [0.717, 1.165) is 0 Å². The topological polar surface area (TPSA) is 159 Å². The van der Waals surface area contributed by atoms with Crippen molar-refractivity contribution in [1.82, 2.24) is 5.32 Å². The Morgan fingerprint density at radius 2 is 1.96 bits per heavy atom. The number of ether oxygens (including phenoxy) is 2. The Morgan fingerprint density at radius 1 is 1.22 bits per heavy atom. The molecule has 0 bridgehead atoms. The Bertz CT molecular complexity index is 896. The van der Waals surface area contributed by atoms with Gasteiger partial charge in [-0.3, -0.25) is 4.79 Å². The Labute approximate surface area is 152 Å². The molecule has 146 valence electrons. The van der Waals surface area contributed by atoms with E-state index in [0.29, 0.717) is 11.1 Å². The van der Waals surface area contributed by atoms with E-state index in [2.05, 4.69) is 5.32 Å². The summed E-state index contributed by atoms with van der Waals surface area (Å²) in [6.45, 7) is -0.631. The van der Waals surface area contributed by atoms with Crippen molar-refractivity contribution in [2.24, 2.45) is 0 Å². The highest BCUT2D eigenvalue weighted by atomic mass is 16.6. The van der Waals surface area contributed by atoms with Gasteiger partial charge in [0, 0.05) is 11.5 Å². The number of hydrogen-bond donors (Lipinski definition) is 5. The molecule has 1 aliphatic heterocycles. The molecular weight excluding hydrogens is 362 g/mol. The number of aliphatic hydroxyl groups is 4. The van der Waals surface area contributed by atoms with Crippen LogP contribution in [0.5, 0.6) is 5.75 Å². The summed E-state index contributed by atoms with van der Waals surface area (Å²) < 4.78 is 15.1.